The fourth-order valence-electron chi connectivity index (χ4n) is 4.73. The van der Waals surface area contributed by atoms with Gasteiger partial charge in [-0.05, 0) is 41.4 Å². The Hall–Kier alpha value is -3.27. The van der Waals surface area contributed by atoms with E-state index in [9.17, 15) is 4.79 Å². The van der Waals surface area contributed by atoms with Gasteiger partial charge in [-0.15, -0.1) is 0 Å². The Kier molecular flexibility index (Phi) is 8.91. The van der Waals surface area contributed by atoms with E-state index >= 15 is 0 Å². The summed E-state index contributed by atoms with van der Waals surface area (Å²) in [7, 11) is -0.126. The molecular formula is C28H36N4O4Si. The fourth-order valence-corrected chi connectivity index (χ4v) is 7.37. The van der Waals surface area contributed by atoms with Crippen LogP contribution in [-0.2, 0) is 15.7 Å². The SMILES string of the molecule is CC[Si](CC)(CC)OCCc1noc(C2CC(NOC)=CN2C(=O)c2ccc(-c3ccccc3)cc2)n1. The van der Waals surface area contributed by atoms with E-state index < -0.39 is 14.4 Å². The molecule has 1 aliphatic rings. The van der Waals surface area contributed by atoms with E-state index in [1.807, 2.05) is 54.6 Å². The number of carbonyl (C=O) groups excluding carboxylic acids is 1. The van der Waals surface area contributed by atoms with Crippen molar-refractivity contribution in [1.29, 1.82) is 0 Å². The maximum Gasteiger partial charge on any atom is 0.258 e. The van der Waals surface area contributed by atoms with Crippen molar-refractivity contribution in [2.75, 3.05) is 13.7 Å². The lowest BCUT2D eigenvalue weighted by molar-refractivity contribution is 0.0760. The quantitative estimate of drug-likeness (QED) is 0.236. The number of carbonyl (C=O) groups is 1. The smallest absolute Gasteiger partial charge is 0.258 e. The van der Waals surface area contributed by atoms with Gasteiger partial charge in [-0.2, -0.15) is 4.98 Å². The largest absolute Gasteiger partial charge is 0.416 e. The molecule has 9 heteroatoms. The summed E-state index contributed by atoms with van der Waals surface area (Å²) >= 11 is 0. The summed E-state index contributed by atoms with van der Waals surface area (Å²) in [4.78, 5) is 24.9. The summed E-state index contributed by atoms with van der Waals surface area (Å²) in [6.45, 7) is 7.22. The van der Waals surface area contributed by atoms with Gasteiger partial charge in [0.1, 0.15) is 6.04 Å². The van der Waals surface area contributed by atoms with Gasteiger partial charge >= 0.3 is 0 Å². The van der Waals surface area contributed by atoms with Crippen molar-refractivity contribution >= 4 is 14.2 Å². The molecule has 3 aromatic rings. The van der Waals surface area contributed by atoms with Crippen LogP contribution >= 0.6 is 0 Å². The van der Waals surface area contributed by atoms with Crippen LogP contribution in [0.3, 0.4) is 0 Å². The maximum absolute atomic E-state index is 13.5. The first-order valence-corrected chi connectivity index (χ1v) is 15.5. The minimum absolute atomic E-state index is 0.148. The minimum Gasteiger partial charge on any atom is -0.416 e. The minimum atomic E-state index is -1.67. The molecule has 1 aliphatic heterocycles. The van der Waals surface area contributed by atoms with Gasteiger partial charge in [0.05, 0.1) is 12.8 Å². The Morgan fingerprint density at radius 2 is 1.73 bits per heavy atom. The molecule has 0 fully saturated rings. The average Bonchev–Trinajstić information content (AvgIpc) is 3.59. The zero-order valence-corrected chi connectivity index (χ0v) is 23.1. The number of nitrogens with zero attached hydrogens (tertiary/aromatic N) is 3. The van der Waals surface area contributed by atoms with Crippen molar-refractivity contribution in [2.45, 2.75) is 57.8 Å². The van der Waals surface area contributed by atoms with Crippen LogP contribution in [-0.4, -0.2) is 43.0 Å². The predicted molar refractivity (Wildman–Crippen MR) is 145 cm³/mol. The Bertz CT molecular complexity index is 1180. The molecule has 1 atom stereocenters. The van der Waals surface area contributed by atoms with E-state index in [0.29, 0.717) is 36.7 Å². The van der Waals surface area contributed by atoms with Gasteiger partial charge in [0, 0.05) is 31.2 Å². The molecule has 4 rings (SSSR count). The topological polar surface area (TPSA) is 89.7 Å². The summed E-state index contributed by atoms with van der Waals surface area (Å²) in [6.07, 6.45) is 2.81. The van der Waals surface area contributed by atoms with Gasteiger partial charge in [-0.3, -0.25) is 15.1 Å². The van der Waals surface area contributed by atoms with Crippen molar-refractivity contribution in [3.63, 3.8) is 0 Å². The van der Waals surface area contributed by atoms with Gasteiger partial charge in [0.25, 0.3) is 5.91 Å². The average molecular weight is 521 g/mol. The first-order chi connectivity index (χ1) is 18.0. The van der Waals surface area contributed by atoms with E-state index in [0.717, 1.165) is 35.0 Å². The zero-order chi connectivity index (χ0) is 26.3. The van der Waals surface area contributed by atoms with Gasteiger partial charge in [-0.25, -0.2) is 0 Å². The van der Waals surface area contributed by atoms with Gasteiger partial charge in [0.15, 0.2) is 14.1 Å². The third kappa shape index (κ3) is 6.18. The molecule has 196 valence electrons. The van der Waals surface area contributed by atoms with Crippen molar-refractivity contribution in [2.24, 2.45) is 0 Å². The molecule has 0 saturated heterocycles. The molecule has 2 aromatic carbocycles. The number of rotatable bonds is 12. The Morgan fingerprint density at radius 1 is 1.05 bits per heavy atom. The Morgan fingerprint density at radius 3 is 2.38 bits per heavy atom. The number of amides is 1. The molecule has 0 bridgehead atoms. The summed E-state index contributed by atoms with van der Waals surface area (Å²) in [5.41, 5.74) is 6.34. The molecule has 2 heterocycles. The molecule has 1 unspecified atom stereocenters. The number of hydrogen-bond acceptors (Lipinski definition) is 7. The van der Waals surface area contributed by atoms with Crippen molar-refractivity contribution in [1.82, 2.24) is 20.5 Å². The van der Waals surface area contributed by atoms with E-state index in [-0.39, 0.29) is 5.91 Å². The van der Waals surface area contributed by atoms with Crippen LogP contribution in [0.15, 0.2) is 71.0 Å². The third-order valence-corrected chi connectivity index (χ3v) is 11.9. The molecular weight excluding hydrogens is 484 g/mol. The molecule has 1 N–H and O–H groups in total. The lowest BCUT2D eigenvalue weighted by Gasteiger charge is -2.27. The first kappa shape index (κ1) is 26.8. The second-order valence-electron chi connectivity index (χ2n) is 9.23. The van der Waals surface area contributed by atoms with Crippen molar-refractivity contribution in [3.8, 4) is 11.1 Å². The van der Waals surface area contributed by atoms with Gasteiger partial charge in [0.2, 0.25) is 5.89 Å². The van der Waals surface area contributed by atoms with Crippen molar-refractivity contribution in [3.05, 3.63) is 83.8 Å². The molecule has 0 saturated carbocycles. The molecule has 0 radical (unpaired) electrons. The highest BCUT2D eigenvalue weighted by atomic mass is 28.4. The monoisotopic (exact) mass is 520 g/mol. The van der Waals surface area contributed by atoms with Crippen molar-refractivity contribution < 1.29 is 18.6 Å². The number of benzene rings is 2. The van der Waals surface area contributed by atoms with Crippen LogP contribution < -0.4 is 5.48 Å². The highest BCUT2D eigenvalue weighted by Gasteiger charge is 2.35. The Balaban J connectivity index is 1.48. The highest BCUT2D eigenvalue weighted by Crippen LogP contribution is 2.34. The van der Waals surface area contributed by atoms with Gasteiger partial charge in [-0.1, -0.05) is 68.4 Å². The third-order valence-electron chi connectivity index (χ3n) is 7.19. The van der Waals surface area contributed by atoms with Crippen LogP contribution in [0.25, 0.3) is 11.1 Å². The summed E-state index contributed by atoms with van der Waals surface area (Å²) in [6, 6.07) is 20.6. The van der Waals surface area contributed by atoms with Crippen LogP contribution in [0.5, 0.6) is 0 Å². The van der Waals surface area contributed by atoms with Crippen LogP contribution in [0, 0.1) is 0 Å². The molecule has 37 heavy (non-hydrogen) atoms. The standard InChI is InChI=1S/C28H36N4O4Si/c1-5-37(6-2,7-3)35-18-17-26-29-27(36-31-26)25-19-24(30-34-4)20-32(25)28(33)23-15-13-22(14-16-23)21-11-9-8-10-12-21/h8-16,20,25,30H,5-7,17-19H2,1-4H3. The molecule has 0 aliphatic carbocycles. The highest BCUT2D eigenvalue weighted by molar-refractivity contribution is 6.73. The van der Waals surface area contributed by atoms with Crippen LogP contribution in [0.2, 0.25) is 18.1 Å². The van der Waals surface area contributed by atoms with Gasteiger partial charge < -0.3 is 13.8 Å². The Labute approximate surface area is 219 Å². The maximum atomic E-state index is 13.5. The summed E-state index contributed by atoms with van der Waals surface area (Å²) < 4.78 is 12.0. The summed E-state index contributed by atoms with van der Waals surface area (Å²) in [5.74, 6) is 0.845. The van der Waals surface area contributed by atoms with E-state index in [1.165, 1.54) is 0 Å². The number of hydroxylamine groups is 1. The lowest BCUT2D eigenvalue weighted by Crippen LogP contribution is -2.36. The predicted octanol–water partition coefficient (Wildman–Crippen LogP) is 5.88. The second-order valence-corrected chi connectivity index (χ2v) is 14.0. The number of hydrogen-bond donors (Lipinski definition) is 1. The molecule has 8 nitrogen and oxygen atoms in total. The fraction of sp³-hybridized carbons (Fsp3) is 0.393. The number of nitrogens with one attached hydrogen (secondary N) is 1. The molecule has 1 aromatic heterocycles. The lowest BCUT2D eigenvalue weighted by atomic mass is 10.0. The van der Waals surface area contributed by atoms with Crippen LogP contribution in [0.1, 0.15) is 55.3 Å². The van der Waals surface area contributed by atoms with Crippen LogP contribution in [0.4, 0.5) is 0 Å². The van der Waals surface area contributed by atoms with E-state index in [1.54, 1.807) is 18.2 Å². The molecule has 1 amide bonds. The first-order valence-electron chi connectivity index (χ1n) is 13.0. The van der Waals surface area contributed by atoms with E-state index in [4.69, 9.17) is 13.8 Å². The summed E-state index contributed by atoms with van der Waals surface area (Å²) in [5, 5.41) is 4.18. The van der Waals surface area contributed by atoms with E-state index in [2.05, 4.69) is 36.4 Å². The molecule has 0 spiro atoms. The normalized spacial score (nSPS) is 15.6. The number of aromatic nitrogens is 2. The second kappa shape index (κ2) is 12.3. The zero-order valence-electron chi connectivity index (χ0n) is 22.1.